The number of anilines is 1. The summed E-state index contributed by atoms with van der Waals surface area (Å²) in [4.78, 5) is 24.9. The molecule has 80 valence electrons. The van der Waals surface area contributed by atoms with Gasteiger partial charge in [0.15, 0.2) is 0 Å². The Kier molecular flexibility index (Phi) is 3.17. The molecule has 1 amide bonds. The van der Waals surface area contributed by atoms with Crippen molar-refractivity contribution in [2.75, 3.05) is 12.3 Å². The lowest BCUT2D eigenvalue weighted by atomic mass is 10.2. The van der Waals surface area contributed by atoms with Crippen LogP contribution in [0.1, 0.15) is 17.3 Å². The molecule has 0 saturated heterocycles. The summed E-state index contributed by atoms with van der Waals surface area (Å²) in [6, 6.07) is 1.18. The minimum absolute atomic E-state index is 0.0712. The van der Waals surface area contributed by atoms with E-state index in [9.17, 15) is 14.9 Å². The Morgan fingerprint density at radius 3 is 2.93 bits per heavy atom. The normalized spacial score (nSPS) is 9.67. The van der Waals surface area contributed by atoms with Gasteiger partial charge in [0, 0.05) is 6.54 Å². The fourth-order valence-corrected chi connectivity index (χ4v) is 1.05. The Bertz CT molecular complexity index is 405. The molecule has 7 heteroatoms. The zero-order chi connectivity index (χ0) is 11.4. The van der Waals surface area contributed by atoms with E-state index in [4.69, 9.17) is 5.73 Å². The van der Waals surface area contributed by atoms with Crippen LogP contribution in [0.3, 0.4) is 0 Å². The predicted octanol–water partition coefficient (Wildman–Crippen LogP) is 0.322. The molecular formula is C8H10N4O3. The van der Waals surface area contributed by atoms with Crippen molar-refractivity contribution in [3.63, 3.8) is 0 Å². The maximum Gasteiger partial charge on any atom is 0.300 e. The summed E-state index contributed by atoms with van der Waals surface area (Å²) >= 11 is 0. The molecule has 0 aromatic carbocycles. The fraction of sp³-hybridized carbons (Fsp3) is 0.250. The molecule has 0 saturated carbocycles. The van der Waals surface area contributed by atoms with Gasteiger partial charge in [-0.05, 0) is 13.0 Å². The summed E-state index contributed by atoms with van der Waals surface area (Å²) in [5.74, 6) is -0.458. The molecule has 1 aromatic heterocycles. The van der Waals surface area contributed by atoms with E-state index in [-0.39, 0.29) is 17.1 Å². The topological polar surface area (TPSA) is 111 Å². The van der Waals surface area contributed by atoms with Gasteiger partial charge in [-0.1, -0.05) is 0 Å². The van der Waals surface area contributed by atoms with Crippen LogP contribution >= 0.6 is 0 Å². The van der Waals surface area contributed by atoms with Crippen LogP contribution in [0.15, 0.2) is 12.3 Å². The summed E-state index contributed by atoms with van der Waals surface area (Å²) in [6.45, 7) is 2.10. The van der Waals surface area contributed by atoms with Gasteiger partial charge in [0.05, 0.1) is 4.92 Å². The lowest BCUT2D eigenvalue weighted by Crippen LogP contribution is -2.23. The summed E-state index contributed by atoms with van der Waals surface area (Å²) in [5, 5.41) is 13.0. The molecule has 0 bridgehead atoms. The maximum absolute atomic E-state index is 11.4. The highest BCUT2D eigenvalue weighted by molar-refractivity contribution is 5.98. The highest BCUT2D eigenvalue weighted by Gasteiger charge is 2.20. The lowest BCUT2D eigenvalue weighted by Gasteiger charge is -2.03. The number of nitrogens with one attached hydrogen (secondary N) is 1. The SMILES string of the molecule is CCNC(=O)c1cc(N)ncc1[N+](=O)[O-]. The molecule has 1 heterocycles. The van der Waals surface area contributed by atoms with Crippen molar-refractivity contribution in [2.45, 2.75) is 6.92 Å². The number of hydrogen-bond acceptors (Lipinski definition) is 5. The second kappa shape index (κ2) is 4.36. The Labute approximate surface area is 85.5 Å². The van der Waals surface area contributed by atoms with Crippen LogP contribution in [-0.4, -0.2) is 22.4 Å². The molecule has 0 unspecified atom stereocenters. The number of nitrogen functional groups attached to an aromatic ring is 1. The zero-order valence-corrected chi connectivity index (χ0v) is 8.06. The number of amides is 1. The van der Waals surface area contributed by atoms with Crippen LogP contribution in [0.2, 0.25) is 0 Å². The first-order chi connectivity index (χ1) is 7.06. The van der Waals surface area contributed by atoms with Gasteiger partial charge < -0.3 is 11.1 Å². The lowest BCUT2D eigenvalue weighted by molar-refractivity contribution is -0.385. The van der Waals surface area contributed by atoms with Crippen molar-refractivity contribution in [2.24, 2.45) is 0 Å². The number of nitrogens with zero attached hydrogens (tertiary/aromatic N) is 2. The van der Waals surface area contributed by atoms with Crippen LogP contribution in [0.5, 0.6) is 0 Å². The number of nitrogens with two attached hydrogens (primary N) is 1. The second-order valence-corrected chi connectivity index (χ2v) is 2.74. The van der Waals surface area contributed by atoms with E-state index in [2.05, 4.69) is 10.3 Å². The van der Waals surface area contributed by atoms with Crippen molar-refractivity contribution in [1.82, 2.24) is 10.3 Å². The summed E-state index contributed by atoms with van der Waals surface area (Å²) < 4.78 is 0. The van der Waals surface area contributed by atoms with Gasteiger partial charge in [-0.25, -0.2) is 4.98 Å². The third-order valence-corrected chi connectivity index (χ3v) is 1.68. The minimum atomic E-state index is -0.670. The molecule has 15 heavy (non-hydrogen) atoms. The van der Waals surface area contributed by atoms with Gasteiger partial charge in [-0.2, -0.15) is 0 Å². The molecule has 0 fully saturated rings. The smallest absolute Gasteiger partial charge is 0.300 e. The summed E-state index contributed by atoms with van der Waals surface area (Å²) in [7, 11) is 0. The second-order valence-electron chi connectivity index (χ2n) is 2.74. The average Bonchev–Trinajstić information content (AvgIpc) is 2.17. The first kappa shape index (κ1) is 10.9. The molecular weight excluding hydrogens is 200 g/mol. The minimum Gasteiger partial charge on any atom is -0.384 e. The van der Waals surface area contributed by atoms with Crippen LogP contribution in [-0.2, 0) is 0 Å². The van der Waals surface area contributed by atoms with Gasteiger partial charge >= 0.3 is 0 Å². The molecule has 0 aliphatic rings. The first-order valence-corrected chi connectivity index (χ1v) is 4.24. The van der Waals surface area contributed by atoms with Gasteiger partial charge in [0.1, 0.15) is 17.6 Å². The van der Waals surface area contributed by atoms with Gasteiger partial charge in [-0.15, -0.1) is 0 Å². The van der Waals surface area contributed by atoms with E-state index in [1.54, 1.807) is 6.92 Å². The van der Waals surface area contributed by atoms with E-state index < -0.39 is 10.8 Å². The number of carbonyl (C=O) groups excluding carboxylic acids is 1. The molecule has 7 nitrogen and oxygen atoms in total. The number of carbonyl (C=O) groups is 1. The first-order valence-electron chi connectivity index (χ1n) is 4.24. The van der Waals surface area contributed by atoms with Gasteiger partial charge in [0.25, 0.3) is 11.6 Å². The Balaban J connectivity index is 3.18. The molecule has 1 aromatic rings. The molecule has 0 aliphatic heterocycles. The molecule has 0 aliphatic carbocycles. The number of aromatic nitrogens is 1. The fourth-order valence-electron chi connectivity index (χ4n) is 1.05. The monoisotopic (exact) mass is 210 g/mol. The standard InChI is InChI=1S/C8H10N4O3/c1-2-10-8(13)5-3-7(9)11-4-6(5)12(14)15/h3-4H,2H2,1H3,(H2,9,11)(H,10,13). The quantitative estimate of drug-likeness (QED) is 0.551. The van der Waals surface area contributed by atoms with Crippen molar-refractivity contribution >= 4 is 17.4 Å². The van der Waals surface area contributed by atoms with E-state index in [0.717, 1.165) is 6.20 Å². The number of pyridine rings is 1. The van der Waals surface area contributed by atoms with Crippen molar-refractivity contribution < 1.29 is 9.72 Å². The van der Waals surface area contributed by atoms with Crippen LogP contribution in [0.25, 0.3) is 0 Å². The molecule has 1 rings (SSSR count). The van der Waals surface area contributed by atoms with Crippen LogP contribution in [0.4, 0.5) is 11.5 Å². The van der Waals surface area contributed by atoms with E-state index in [1.807, 2.05) is 0 Å². The van der Waals surface area contributed by atoms with E-state index >= 15 is 0 Å². The third-order valence-electron chi connectivity index (χ3n) is 1.68. The Morgan fingerprint density at radius 2 is 2.40 bits per heavy atom. The largest absolute Gasteiger partial charge is 0.384 e. The zero-order valence-electron chi connectivity index (χ0n) is 8.06. The Morgan fingerprint density at radius 1 is 1.73 bits per heavy atom. The molecule has 3 N–H and O–H groups in total. The van der Waals surface area contributed by atoms with Crippen LogP contribution in [0, 0.1) is 10.1 Å². The van der Waals surface area contributed by atoms with Crippen molar-refractivity contribution in [3.05, 3.63) is 27.9 Å². The number of rotatable bonds is 3. The molecule has 0 radical (unpaired) electrons. The maximum atomic E-state index is 11.4. The number of nitro groups is 1. The highest BCUT2D eigenvalue weighted by atomic mass is 16.6. The van der Waals surface area contributed by atoms with E-state index in [1.165, 1.54) is 6.07 Å². The predicted molar refractivity (Wildman–Crippen MR) is 53.3 cm³/mol. The van der Waals surface area contributed by atoms with Gasteiger partial charge in [-0.3, -0.25) is 14.9 Å². The molecule has 0 spiro atoms. The van der Waals surface area contributed by atoms with Crippen LogP contribution < -0.4 is 11.1 Å². The molecule has 0 atom stereocenters. The Hall–Kier alpha value is -2.18. The summed E-state index contributed by atoms with van der Waals surface area (Å²) in [5.41, 5.74) is 4.92. The third kappa shape index (κ3) is 2.39. The van der Waals surface area contributed by atoms with Crippen molar-refractivity contribution in [3.8, 4) is 0 Å². The average molecular weight is 210 g/mol. The van der Waals surface area contributed by atoms with E-state index in [0.29, 0.717) is 6.54 Å². The van der Waals surface area contributed by atoms with Gasteiger partial charge in [0.2, 0.25) is 0 Å². The summed E-state index contributed by atoms with van der Waals surface area (Å²) in [6.07, 6.45) is 0.972. The number of hydrogen-bond donors (Lipinski definition) is 2. The highest BCUT2D eigenvalue weighted by Crippen LogP contribution is 2.18. The van der Waals surface area contributed by atoms with Crippen molar-refractivity contribution in [1.29, 1.82) is 0 Å².